The van der Waals surface area contributed by atoms with Crippen LogP contribution in [0.5, 0.6) is 0 Å². The Hall–Kier alpha value is -2.40. The number of thioether (sulfide) groups is 1. The van der Waals surface area contributed by atoms with Gasteiger partial charge in [-0.15, -0.1) is 11.3 Å². The van der Waals surface area contributed by atoms with Crippen LogP contribution >= 0.6 is 34.7 Å². The van der Waals surface area contributed by atoms with Crippen molar-refractivity contribution in [3.8, 4) is 17.3 Å². The zero-order valence-electron chi connectivity index (χ0n) is 19.7. The predicted molar refractivity (Wildman–Crippen MR) is 140 cm³/mol. The van der Waals surface area contributed by atoms with Gasteiger partial charge in [-0.2, -0.15) is 5.26 Å². The van der Waals surface area contributed by atoms with Crippen molar-refractivity contribution in [2.45, 2.75) is 57.2 Å². The van der Waals surface area contributed by atoms with Crippen molar-refractivity contribution in [2.24, 2.45) is 11.3 Å². The Morgan fingerprint density at radius 1 is 1.32 bits per heavy atom. The van der Waals surface area contributed by atoms with Crippen molar-refractivity contribution in [3.05, 3.63) is 57.6 Å². The number of nitrogens with one attached hydrogen (secondary N) is 1. The topological polar surface area (TPSA) is 78.7 Å². The number of thiazole rings is 1. The quantitative estimate of drug-likeness (QED) is 0.374. The van der Waals surface area contributed by atoms with Gasteiger partial charge in [0.2, 0.25) is 5.91 Å². The first-order valence-electron chi connectivity index (χ1n) is 11.3. The number of aromatic nitrogens is 2. The highest BCUT2D eigenvalue weighted by molar-refractivity contribution is 8.00. The molecule has 176 valence electrons. The molecule has 8 heteroatoms. The molecule has 0 fully saturated rings. The molecule has 3 aromatic rings. The molecule has 1 aliphatic carbocycles. The van der Waals surface area contributed by atoms with Gasteiger partial charge in [-0.1, -0.05) is 62.3 Å². The van der Waals surface area contributed by atoms with E-state index in [1.54, 1.807) is 0 Å². The molecule has 2 unspecified atom stereocenters. The second kappa shape index (κ2) is 10.1. The minimum Gasteiger partial charge on any atom is -0.301 e. The smallest absolute Gasteiger partial charge is 0.239 e. The van der Waals surface area contributed by atoms with E-state index in [1.807, 2.05) is 42.6 Å². The van der Waals surface area contributed by atoms with Gasteiger partial charge in [0.15, 0.2) is 5.13 Å². The fourth-order valence-corrected chi connectivity index (χ4v) is 5.95. The maximum atomic E-state index is 12.9. The van der Waals surface area contributed by atoms with E-state index in [2.05, 4.69) is 37.1 Å². The molecular weight excluding hydrogens is 484 g/mol. The van der Waals surface area contributed by atoms with E-state index in [0.29, 0.717) is 26.7 Å². The number of amides is 1. The van der Waals surface area contributed by atoms with E-state index in [-0.39, 0.29) is 11.3 Å². The summed E-state index contributed by atoms with van der Waals surface area (Å²) in [6.07, 6.45) is 2.94. The van der Waals surface area contributed by atoms with Crippen LogP contribution in [0.2, 0.25) is 5.02 Å². The number of nitriles is 1. The van der Waals surface area contributed by atoms with E-state index in [0.717, 1.165) is 36.2 Å². The highest BCUT2D eigenvalue weighted by Crippen LogP contribution is 2.38. The molecule has 2 atom stereocenters. The van der Waals surface area contributed by atoms with E-state index in [9.17, 15) is 10.1 Å². The van der Waals surface area contributed by atoms with Crippen LogP contribution in [0.15, 0.2) is 40.7 Å². The number of anilines is 1. The molecule has 0 radical (unpaired) electrons. The lowest BCUT2D eigenvalue weighted by Gasteiger charge is -2.34. The largest absolute Gasteiger partial charge is 0.301 e. The molecule has 34 heavy (non-hydrogen) atoms. The number of carbonyl (C=O) groups is 1. The van der Waals surface area contributed by atoms with Gasteiger partial charge < -0.3 is 5.32 Å². The normalized spacial score (nSPS) is 16.4. The number of nitrogens with zero attached hydrogens (tertiary/aromatic N) is 3. The maximum Gasteiger partial charge on any atom is 0.239 e. The highest BCUT2D eigenvalue weighted by atomic mass is 35.5. The molecular formula is C26H27ClN4OS2. The van der Waals surface area contributed by atoms with Crippen LogP contribution in [0, 0.1) is 22.7 Å². The average Bonchev–Trinajstić information content (AvgIpc) is 3.26. The number of hydrogen-bond acceptors (Lipinski definition) is 6. The third-order valence-corrected chi connectivity index (χ3v) is 8.43. The van der Waals surface area contributed by atoms with Gasteiger partial charge in [-0.05, 0) is 55.2 Å². The lowest BCUT2D eigenvalue weighted by atomic mass is 9.71. The van der Waals surface area contributed by atoms with Crippen LogP contribution in [0.3, 0.4) is 0 Å². The molecule has 4 rings (SSSR count). The Bertz CT molecular complexity index is 1260. The fourth-order valence-electron chi connectivity index (χ4n) is 4.11. The molecule has 0 bridgehead atoms. The molecule has 0 saturated heterocycles. The summed E-state index contributed by atoms with van der Waals surface area (Å²) in [7, 11) is 0. The number of carbonyl (C=O) groups excluding carboxylic acids is 1. The third-order valence-electron chi connectivity index (χ3n) is 6.24. The SMILES string of the molecule is CC(Sc1nc2c(cc1C#N)CC(C(C)(C)C)CC2)C(=O)Nc1nc(-c2ccccc2Cl)cs1. The van der Waals surface area contributed by atoms with E-state index in [4.69, 9.17) is 16.6 Å². The van der Waals surface area contributed by atoms with Gasteiger partial charge >= 0.3 is 0 Å². The number of benzene rings is 1. The summed E-state index contributed by atoms with van der Waals surface area (Å²) in [6.45, 7) is 8.63. The van der Waals surface area contributed by atoms with Crippen molar-refractivity contribution < 1.29 is 4.79 Å². The summed E-state index contributed by atoms with van der Waals surface area (Å²) in [5.74, 6) is 0.395. The zero-order chi connectivity index (χ0) is 24.5. The monoisotopic (exact) mass is 510 g/mol. The molecule has 2 heterocycles. The Morgan fingerprint density at radius 3 is 2.79 bits per heavy atom. The summed E-state index contributed by atoms with van der Waals surface area (Å²) in [4.78, 5) is 22.2. The van der Waals surface area contributed by atoms with Gasteiger partial charge in [-0.25, -0.2) is 9.97 Å². The summed E-state index contributed by atoms with van der Waals surface area (Å²) in [5, 5.41) is 15.8. The Balaban J connectivity index is 1.46. The number of rotatable bonds is 5. The van der Waals surface area contributed by atoms with Crippen molar-refractivity contribution in [1.29, 1.82) is 5.26 Å². The van der Waals surface area contributed by atoms with Gasteiger partial charge in [-0.3, -0.25) is 4.79 Å². The van der Waals surface area contributed by atoms with Crippen molar-refractivity contribution in [2.75, 3.05) is 5.32 Å². The second-order valence-electron chi connectivity index (χ2n) is 9.63. The van der Waals surface area contributed by atoms with Gasteiger partial charge in [0.05, 0.1) is 16.5 Å². The fraction of sp³-hybridized carbons (Fsp3) is 0.385. The summed E-state index contributed by atoms with van der Waals surface area (Å²) >= 11 is 8.94. The Kier molecular flexibility index (Phi) is 7.32. The number of fused-ring (bicyclic) bond motifs is 1. The summed E-state index contributed by atoms with van der Waals surface area (Å²) in [5.41, 5.74) is 4.54. The molecule has 2 aromatic heterocycles. The first-order chi connectivity index (χ1) is 16.2. The number of pyridine rings is 1. The number of aryl methyl sites for hydroxylation is 1. The Morgan fingerprint density at radius 2 is 2.09 bits per heavy atom. The lowest BCUT2D eigenvalue weighted by molar-refractivity contribution is -0.115. The van der Waals surface area contributed by atoms with Crippen molar-refractivity contribution in [3.63, 3.8) is 0 Å². The highest BCUT2D eigenvalue weighted by Gasteiger charge is 2.30. The molecule has 1 aromatic carbocycles. The molecule has 1 amide bonds. The molecule has 5 nitrogen and oxygen atoms in total. The predicted octanol–water partition coefficient (Wildman–Crippen LogP) is 7.00. The average molecular weight is 511 g/mol. The van der Waals surface area contributed by atoms with E-state index >= 15 is 0 Å². The first-order valence-corrected chi connectivity index (χ1v) is 13.4. The van der Waals surface area contributed by atoms with Gasteiger partial charge in [0.25, 0.3) is 0 Å². The van der Waals surface area contributed by atoms with Crippen LogP contribution in [-0.2, 0) is 17.6 Å². The Labute approximate surface area is 214 Å². The molecule has 1 aliphatic rings. The minimum atomic E-state index is -0.434. The van der Waals surface area contributed by atoms with Gasteiger partial charge in [0, 0.05) is 21.7 Å². The zero-order valence-corrected chi connectivity index (χ0v) is 22.1. The standard InChI is InChI=1S/C26H27ClN4OS2/c1-15(23(32)31-25-30-22(14-33-25)19-7-5-6-8-20(19)27)34-24-17(13-28)11-16-12-18(26(2,3)4)9-10-21(16)29-24/h5-8,11,14-15,18H,9-10,12H2,1-4H3,(H,30,31,32). The molecule has 0 saturated carbocycles. The van der Waals surface area contributed by atoms with Crippen LogP contribution in [0.25, 0.3) is 11.3 Å². The van der Waals surface area contributed by atoms with Crippen molar-refractivity contribution >= 4 is 45.7 Å². The van der Waals surface area contributed by atoms with Crippen LogP contribution in [0.4, 0.5) is 5.13 Å². The van der Waals surface area contributed by atoms with Crippen LogP contribution < -0.4 is 5.32 Å². The minimum absolute atomic E-state index is 0.179. The second-order valence-corrected chi connectivity index (χ2v) is 12.2. The third kappa shape index (κ3) is 5.46. The molecule has 1 N–H and O–H groups in total. The van der Waals surface area contributed by atoms with Crippen LogP contribution in [0.1, 0.15) is 50.9 Å². The summed E-state index contributed by atoms with van der Waals surface area (Å²) < 4.78 is 0. The van der Waals surface area contributed by atoms with Gasteiger partial charge in [0.1, 0.15) is 11.1 Å². The van der Waals surface area contributed by atoms with E-state index in [1.165, 1.54) is 28.7 Å². The molecule has 0 spiro atoms. The van der Waals surface area contributed by atoms with Crippen molar-refractivity contribution in [1.82, 2.24) is 9.97 Å². The maximum absolute atomic E-state index is 12.9. The first kappa shape index (κ1) is 24.7. The number of halogens is 1. The van der Waals surface area contributed by atoms with Crippen LogP contribution in [-0.4, -0.2) is 21.1 Å². The summed E-state index contributed by atoms with van der Waals surface area (Å²) in [6, 6.07) is 11.7. The van der Waals surface area contributed by atoms with E-state index < -0.39 is 5.25 Å². The number of hydrogen-bond donors (Lipinski definition) is 1. The molecule has 0 aliphatic heterocycles. The lowest BCUT2D eigenvalue weighted by Crippen LogP contribution is -2.27.